The quantitative estimate of drug-likeness (QED) is 0.845. The van der Waals surface area contributed by atoms with E-state index in [1.165, 1.54) is 0 Å². The molecule has 1 heterocycles. The second-order valence-electron chi connectivity index (χ2n) is 5.88. The zero-order valence-corrected chi connectivity index (χ0v) is 12.1. The van der Waals surface area contributed by atoms with E-state index in [-0.39, 0.29) is 30.6 Å². The molecule has 1 unspecified atom stereocenters. The molecule has 0 bridgehead atoms. The van der Waals surface area contributed by atoms with Crippen molar-refractivity contribution in [3.05, 3.63) is 5.82 Å². The minimum Gasteiger partial charge on any atom is -0.481 e. The van der Waals surface area contributed by atoms with Gasteiger partial charge in [-0.2, -0.15) is 0 Å². The Balaban J connectivity index is 2.96. The number of carboxylic acids is 1. The number of rotatable bonds is 6. The summed E-state index contributed by atoms with van der Waals surface area (Å²) in [6.07, 6.45) is 0.0427. The van der Waals surface area contributed by atoms with Crippen molar-refractivity contribution in [1.82, 2.24) is 20.2 Å². The number of hydrogen-bond acceptors (Lipinski definition) is 5. The first-order valence-corrected chi connectivity index (χ1v) is 6.32. The van der Waals surface area contributed by atoms with E-state index in [9.17, 15) is 4.79 Å². The van der Waals surface area contributed by atoms with Crippen LogP contribution in [0.2, 0.25) is 0 Å². The third-order valence-electron chi connectivity index (χ3n) is 2.77. The number of aliphatic carboxylic acids is 1. The number of carboxylic acid groups (broad SMARTS) is 1. The summed E-state index contributed by atoms with van der Waals surface area (Å²) in [6, 6.07) is -0.314. The predicted octanol–water partition coefficient (Wildman–Crippen LogP) is 1.66. The Hall–Kier alpha value is -1.50. The molecule has 1 rings (SSSR count). The van der Waals surface area contributed by atoms with Gasteiger partial charge in [-0.25, -0.2) is 4.68 Å². The molecule has 0 saturated carbocycles. The molecule has 19 heavy (non-hydrogen) atoms. The van der Waals surface area contributed by atoms with Crippen molar-refractivity contribution in [3.8, 4) is 0 Å². The average Bonchev–Trinajstić information content (AvgIpc) is 2.68. The molecule has 7 nitrogen and oxygen atoms in total. The lowest BCUT2D eigenvalue weighted by Gasteiger charge is -2.29. The maximum absolute atomic E-state index is 11.0. The topological polar surface area (TPSA) is 90.1 Å². The van der Waals surface area contributed by atoms with Crippen LogP contribution >= 0.6 is 0 Å². The molecule has 0 aromatic carbocycles. The van der Waals surface area contributed by atoms with Crippen LogP contribution in [-0.4, -0.2) is 37.4 Å². The Morgan fingerprint density at radius 3 is 2.53 bits per heavy atom. The Morgan fingerprint density at radius 2 is 2.05 bits per heavy atom. The van der Waals surface area contributed by atoms with Gasteiger partial charge < -0.3 is 9.84 Å². The number of tetrazole rings is 1. The highest BCUT2D eigenvalue weighted by molar-refractivity contribution is 5.67. The minimum absolute atomic E-state index is 0.0246. The zero-order chi connectivity index (χ0) is 14.6. The van der Waals surface area contributed by atoms with E-state index in [2.05, 4.69) is 15.5 Å². The van der Waals surface area contributed by atoms with Crippen molar-refractivity contribution in [2.45, 2.75) is 59.8 Å². The molecule has 1 N–H and O–H groups in total. The van der Waals surface area contributed by atoms with Crippen LogP contribution in [0.15, 0.2) is 0 Å². The van der Waals surface area contributed by atoms with E-state index in [1.807, 2.05) is 34.6 Å². The van der Waals surface area contributed by atoms with Gasteiger partial charge in [0.1, 0.15) is 6.61 Å². The fourth-order valence-corrected chi connectivity index (χ4v) is 1.72. The Bertz CT molecular complexity index is 423. The maximum atomic E-state index is 11.0. The van der Waals surface area contributed by atoms with Gasteiger partial charge in [0.15, 0.2) is 5.82 Å². The summed E-state index contributed by atoms with van der Waals surface area (Å²) in [5, 5.41) is 20.5. The van der Waals surface area contributed by atoms with E-state index >= 15 is 0 Å². The maximum Gasteiger partial charge on any atom is 0.305 e. The first kappa shape index (κ1) is 15.6. The van der Waals surface area contributed by atoms with Gasteiger partial charge in [-0.3, -0.25) is 4.79 Å². The summed E-state index contributed by atoms with van der Waals surface area (Å²) < 4.78 is 7.05. The average molecular weight is 270 g/mol. The fourth-order valence-electron chi connectivity index (χ4n) is 1.72. The van der Waals surface area contributed by atoms with E-state index in [1.54, 1.807) is 4.68 Å². The molecule has 0 aliphatic rings. The molecule has 108 valence electrons. The smallest absolute Gasteiger partial charge is 0.305 e. The molecule has 1 aromatic rings. The summed E-state index contributed by atoms with van der Waals surface area (Å²) in [7, 11) is 0. The second-order valence-corrected chi connectivity index (χ2v) is 5.88. The molecule has 0 radical (unpaired) electrons. The van der Waals surface area contributed by atoms with E-state index in [4.69, 9.17) is 9.84 Å². The van der Waals surface area contributed by atoms with Gasteiger partial charge in [0.25, 0.3) is 0 Å². The largest absolute Gasteiger partial charge is 0.481 e. The lowest BCUT2D eigenvalue weighted by Crippen LogP contribution is -2.29. The van der Waals surface area contributed by atoms with Crippen LogP contribution in [-0.2, 0) is 16.1 Å². The summed E-state index contributed by atoms with van der Waals surface area (Å²) in [4.78, 5) is 11.0. The molecule has 0 aliphatic carbocycles. The molecular formula is C12H22N4O3. The molecule has 7 heteroatoms. The molecule has 1 aromatic heterocycles. The van der Waals surface area contributed by atoms with Gasteiger partial charge in [0.05, 0.1) is 18.6 Å². The molecule has 0 saturated heterocycles. The van der Waals surface area contributed by atoms with Crippen LogP contribution in [0, 0.1) is 5.41 Å². The normalized spacial score (nSPS) is 13.8. The summed E-state index contributed by atoms with van der Waals surface area (Å²) >= 11 is 0. The van der Waals surface area contributed by atoms with Crippen molar-refractivity contribution in [3.63, 3.8) is 0 Å². The van der Waals surface area contributed by atoms with E-state index in [0.717, 1.165) is 0 Å². The van der Waals surface area contributed by atoms with Gasteiger partial charge in [-0.1, -0.05) is 20.8 Å². The van der Waals surface area contributed by atoms with Crippen LogP contribution in [0.25, 0.3) is 0 Å². The van der Waals surface area contributed by atoms with E-state index < -0.39 is 5.97 Å². The SMILES string of the molecule is CC(C)OCc1nnnn1C(CC(=O)O)C(C)(C)C. The van der Waals surface area contributed by atoms with Gasteiger partial charge >= 0.3 is 5.97 Å². The van der Waals surface area contributed by atoms with Crippen molar-refractivity contribution in [2.75, 3.05) is 0 Å². The molecule has 0 aliphatic heterocycles. The van der Waals surface area contributed by atoms with Gasteiger partial charge in [0, 0.05) is 0 Å². The van der Waals surface area contributed by atoms with Gasteiger partial charge in [0.2, 0.25) is 0 Å². The Kier molecular flexibility index (Phi) is 4.99. The van der Waals surface area contributed by atoms with Crippen molar-refractivity contribution in [1.29, 1.82) is 0 Å². The number of carbonyl (C=O) groups is 1. The standard InChI is InChI=1S/C12H22N4O3/c1-8(2)19-7-10-13-14-15-16(10)9(6-11(17)18)12(3,4)5/h8-9H,6-7H2,1-5H3,(H,17,18). The highest BCUT2D eigenvalue weighted by Crippen LogP contribution is 2.33. The molecule has 0 amide bonds. The van der Waals surface area contributed by atoms with Crippen molar-refractivity contribution in [2.24, 2.45) is 5.41 Å². The third kappa shape index (κ3) is 4.59. The molecule has 0 spiro atoms. The summed E-state index contributed by atoms with van der Waals surface area (Å²) in [6.45, 7) is 10.0. The molecule has 0 fully saturated rings. The highest BCUT2D eigenvalue weighted by Gasteiger charge is 2.31. The van der Waals surface area contributed by atoms with Gasteiger partial charge in [-0.05, 0) is 29.7 Å². The second kappa shape index (κ2) is 6.10. The predicted molar refractivity (Wildman–Crippen MR) is 68.5 cm³/mol. The Morgan fingerprint density at radius 1 is 1.42 bits per heavy atom. The Labute approximate surface area is 112 Å². The number of ether oxygens (including phenoxy) is 1. The van der Waals surface area contributed by atoms with Crippen LogP contribution < -0.4 is 0 Å². The third-order valence-corrected chi connectivity index (χ3v) is 2.77. The number of nitrogens with zero attached hydrogens (tertiary/aromatic N) is 4. The summed E-state index contributed by atoms with van der Waals surface area (Å²) in [5.74, 6) is -0.318. The van der Waals surface area contributed by atoms with Crippen LogP contribution in [0.1, 0.15) is 52.9 Å². The number of hydrogen-bond donors (Lipinski definition) is 1. The minimum atomic E-state index is -0.869. The number of aromatic nitrogens is 4. The highest BCUT2D eigenvalue weighted by atomic mass is 16.5. The molecular weight excluding hydrogens is 248 g/mol. The van der Waals surface area contributed by atoms with E-state index in [0.29, 0.717) is 5.82 Å². The molecule has 1 atom stereocenters. The first-order valence-electron chi connectivity index (χ1n) is 6.32. The van der Waals surface area contributed by atoms with Crippen molar-refractivity contribution < 1.29 is 14.6 Å². The monoisotopic (exact) mass is 270 g/mol. The lowest BCUT2D eigenvalue weighted by molar-refractivity contribution is -0.139. The first-order chi connectivity index (χ1) is 8.71. The van der Waals surface area contributed by atoms with Crippen LogP contribution in [0.5, 0.6) is 0 Å². The summed E-state index contributed by atoms with van der Waals surface area (Å²) in [5.41, 5.74) is -0.264. The van der Waals surface area contributed by atoms with Gasteiger partial charge in [-0.15, -0.1) is 5.10 Å². The van der Waals surface area contributed by atoms with Crippen LogP contribution in [0.4, 0.5) is 0 Å². The van der Waals surface area contributed by atoms with Crippen LogP contribution in [0.3, 0.4) is 0 Å². The lowest BCUT2D eigenvalue weighted by atomic mass is 9.85. The fraction of sp³-hybridized carbons (Fsp3) is 0.833. The zero-order valence-electron chi connectivity index (χ0n) is 12.1. The van der Waals surface area contributed by atoms with Crippen molar-refractivity contribution >= 4 is 5.97 Å².